The van der Waals surface area contributed by atoms with Crippen LogP contribution in [0.3, 0.4) is 0 Å². The molecule has 0 saturated carbocycles. The number of carbonyl (C=O) groups is 2. The number of anilines is 1. The highest BCUT2D eigenvalue weighted by atomic mass is 32.1. The Kier molecular flexibility index (Phi) is 5.70. The van der Waals surface area contributed by atoms with E-state index in [0.717, 1.165) is 23.5 Å². The van der Waals surface area contributed by atoms with Crippen LogP contribution in [0.25, 0.3) is 10.6 Å². The zero-order valence-corrected chi connectivity index (χ0v) is 18.3. The maximum atomic E-state index is 14.1. The average Bonchev–Trinajstić information content (AvgIpc) is 3.47. The number of likely N-dealkylation sites (tertiary alicyclic amines) is 1. The quantitative estimate of drug-likeness (QED) is 0.600. The first kappa shape index (κ1) is 20.8. The van der Waals surface area contributed by atoms with Crippen LogP contribution in [0.1, 0.15) is 30.2 Å². The van der Waals surface area contributed by atoms with Crippen LogP contribution in [0.2, 0.25) is 0 Å². The van der Waals surface area contributed by atoms with Crippen LogP contribution in [-0.2, 0) is 9.59 Å². The fourth-order valence-electron chi connectivity index (χ4n) is 4.51. The molecule has 2 atom stereocenters. The maximum Gasteiger partial charge on any atom is 0.228 e. The largest absolute Gasteiger partial charge is 0.342 e. The highest BCUT2D eigenvalue weighted by molar-refractivity contribution is 7.14. The molecule has 2 aliphatic heterocycles. The Morgan fingerprint density at radius 2 is 1.81 bits per heavy atom. The molecule has 5 rings (SSSR count). The molecular weight excluding hydrogens is 427 g/mol. The topological polar surface area (TPSA) is 66.4 Å². The van der Waals surface area contributed by atoms with Crippen molar-refractivity contribution in [2.24, 2.45) is 5.92 Å². The van der Waals surface area contributed by atoms with E-state index in [9.17, 15) is 14.0 Å². The minimum atomic E-state index is -0.329. The third-order valence-corrected chi connectivity index (χ3v) is 7.29. The van der Waals surface area contributed by atoms with E-state index >= 15 is 0 Å². The van der Waals surface area contributed by atoms with E-state index in [1.807, 2.05) is 35.2 Å². The van der Waals surface area contributed by atoms with Gasteiger partial charge in [-0.15, -0.1) is 10.2 Å². The molecule has 0 radical (unpaired) electrons. The third-order valence-electron chi connectivity index (χ3n) is 6.17. The van der Waals surface area contributed by atoms with Gasteiger partial charge in [-0.25, -0.2) is 4.39 Å². The van der Waals surface area contributed by atoms with Crippen molar-refractivity contribution in [1.82, 2.24) is 15.1 Å². The number of nitrogens with zero attached hydrogens (tertiary/aromatic N) is 4. The molecule has 2 unspecified atom stereocenters. The van der Waals surface area contributed by atoms with Gasteiger partial charge in [0.1, 0.15) is 10.8 Å². The van der Waals surface area contributed by atoms with Crippen LogP contribution in [0.5, 0.6) is 0 Å². The molecule has 0 bridgehead atoms. The zero-order valence-electron chi connectivity index (χ0n) is 17.5. The lowest BCUT2D eigenvalue weighted by atomic mass is 9.97. The van der Waals surface area contributed by atoms with Crippen molar-refractivity contribution in [2.45, 2.75) is 25.2 Å². The summed E-state index contributed by atoms with van der Waals surface area (Å²) in [5.74, 6) is -0.551. The summed E-state index contributed by atoms with van der Waals surface area (Å²) in [6.07, 6.45) is 2.02. The summed E-state index contributed by atoms with van der Waals surface area (Å²) in [7, 11) is 0. The summed E-state index contributed by atoms with van der Waals surface area (Å²) >= 11 is 1.39. The molecule has 0 aliphatic carbocycles. The predicted molar refractivity (Wildman–Crippen MR) is 121 cm³/mol. The lowest BCUT2D eigenvalue weighted by Gasteiger charge is -2.33. The Morgan fingerprint density at radius 3 is 2.62 bits per heavy atom. The Hall–Kier alpha value is -3.13. The predicted octanol–water partition coefficient (Wildman–Crippen LogP) is 4.10. The summed E-state index contributed by atoms with van der Waals surface area (Å²) in [6, 6.07) is 16.0. The number of halogens is 1. The summed E-state index contributed by atoms with van der Waals surface area (Å²) in [5.41, 5.74) is 1.28. The molecule has 0 N–H and O–H groups in total. The monoisotopic (exact) mass is 450 g/mol. The van der Waals surface area contributed by atoms with Gasteiger partial charge in [0.05, 0.1) is 5.92 Å². The van der Waals surface area contributed by atoms with E-state index in [-0.39, 0.29) is 35.9 Å². The minimum Gasteiger partial charge on any atom is -0.342 e. The van der Waals surface area contributed by atoms with Gasteiger partial charge in [0.2, 0.25) is 11.8 Å². The number of hydrogen-bond acceptors (Lipinski definition) is 5. The number of carbonyl (C=O) groups excluding carboxylic acids is 2. The first-order valence-corrected chi connectivity index (χ1v) is 11.6. The average molecular weight is 451 g/mol. The Balaban J connectivity index is 1.27. The van der Waals surface area contributed by atoms with Crippen molar-refractivity contribution < 1.29 is 14.0 Å². The summed E-state index contributed by atoms with van der Waals surface area (Å²) in [6.45, 7) is 1.66. The molecule has 2 fully saturated rings. The highest BCUT2D eigenvalue weighted by Crippen LogP contribution is 2.34. The highest BCUT2D eigenvalue weighted by Gasteiger charge is 2.38. The van der Waals surface area contributed by atoms with Gasteiger partial charge in [0.25, 0.3) is 0 Å². The van der Waals surface area contributed by atoms with E-state index in [0.29, 0.717) is 30.2 Å². The molecule has 2 saturated heterocycles. The molecule has 2 amide bonds. The zero-order chi connectivity index (χ0) is 22.1. The molecule has 3 aromatic rings. The number of benzene rings is 2. The summed E-state index contributed by atoms with van der Waals surface area (Å²) in [5, 5.41) is 9.90. The van der Waals surface area contributed by atoms with Crippen molar-refractivity contribution in [3.05, 3.63) is 65.4 Å². The molecule has 0 spiro atoms. The van der Waals surface area contributed by atoms with Crippen LogP contribution < -0.4 is 4.90 Å². The van der Waals surface area contributed by atoms with Crippen molar-refractivity contribution in [2.75, 3.05) is 24.5 Å². The molecule has 2 aromatic carbocycles. The van der Waals surface area contributed by atoms with Crippen molar-refractivity contribution >= 4 is 28.8 Å². The molecule has 1 aromatic heterocycles. The van der Waals surface area contributed by atoms with Crippen LogP contribution >= 0.6 is 11.3 Å². The van der Waals surface area contributed by atoms with E-state index in [1.165, 1.54) is 17.4 Å². The number of rotatable bonds is 4. The molecule has 164 valence electrons. The van der Waals surface area contributed by atoms with Gasteiger partial charge >= 0.3 is 0 Å². The maximum absolute atomic E-state index is 14.1. The van der Waals surface area contributed by atoms with Crippen molar-refractivity contribution in [1.29, 1.82) is 0 Å². The van der Waals surface area contributed by atoms with Crippen LogP contribution in [0.4, 0.5) is 10.1 Å². The van der Waals surface area contributed by atoms with Gasteiger partial charge in [-0.2, -0.15) is 0 Å². The van der Waals surface area contributed by atoms with Crippen LogP contribution in [0.15, 0.2) is 54.6 Å². The van der Waals surface area contributed by atoms with E-state index in [1.54, 1.807) is 23.1 Å². The minimum absolute atomic E-state index is 0.0123. The fraction of sp³-hybridized carbons (Fsp3) is 0.333. The number of aromatic nitrogens is 2. The standard InChI is InChI=1S/C24H23FN4O2S/c25-20-11-5-4-10-19(20)23-27-26-22(32-23)16-7-6-12-28(14-16)24(31)17-13-21(30)29(15-17)18-8-2-1-3-9-18/h1-5,8-11,16-17H,6-7,12-15H2. The van der Waals surface area contributed by atoms with Gasteiger partial charge in [-0.1, -0.05) is 41.7 Å². The van der Waals surface area contributed by atoms with Gasteiger partial charge in [0, 0.05) is 43.2 Å². The lowest BCUT2D eigenvalue weighted by Crippen LogP contribution is -2.43. The first-order chi connectivity index (χ1) is 15.6. The Morgan fingerprint density at radius 1 is 1.03 bits per heavy atom. The van der Waals surface area contributed by atoms with E-state index in [2.05, 4.69) is 10.2 Å². The second-order valence-electron chi connectivity index (χ2n) is 8.29. The van der Waals surface area contributed by atoms with Crippen LogP contribution in [-0.4, -0.2) is 46.5 Å². The summed E-state index contributed by atoms with van der Waals surface area (Å²) in [4.78, 5) is 29.3. The first-order valence-electron chi connectivity index (χ1n) is 10.8. The number of amides is 2. The van der Waals surface area contributed by atoms with Crippen molar-refractivity contribution in [3.63, 3.8) is 0 Å². The van der Waals surface area contributed by atoms with E-state index < -0.39 is 0 Å². The number of piperidine rings is 1. The fourth-order valence-corrected chi connectivity index (χ4v) is 5.51. The van der Waals surface area contributed by atoms with Gasteiger partial charge in [-0.3, -0.25) is 9.59 Å². The Bertz CT molecular complexity index is 1140. The molecule has 8 heteroatoms. The second-order valence-corrected chi connectivity index (χ2v) is 9.30. The van der Waals surface area contributed by atoms with Gasteiger partial charge in [-0.05, 0) is 37.1 Å². The second kappa shape index (κ2) is 8.78. The number of hydrogen-bond donors (Lipinski definition) is 0. The lowest BCUT2D eigenvalue weighted by molar-refractivity contribution is -0.137. The molecule has 32 heavy (non-hydrogen) atoms. The molecule has 2 aliphatic rings. The molecule has 3 heterocycles. The van der Waals surface area contributed by atoms with Crippen molar-refractivity contribution in [3.8, 4) is 10.6 Å². The third kappa shape index (κ3) is 4.02. The molecular formula is C24H23FN4O2S. The summed E-state index contributed by atoms with van der Waals surface area (Å²) < 4.78 is 14.1. The van der Waals surface area contributed by atoms with E-state index in [4.69, 9.17) is 0 Å². The smallest absolute Gasteiger partial charge is 0.228 e. The number of para-hydroxylation sites is 1. The Labute approximate surface area is 189 Å². The van der Waals surface area contributed by atoms with Gasteiger partial charge in [0.15, 0.2) is 5.01 Å². The molecule has 6 nitrogen and oxygen atoms in total. The normalized spacial score (nSPS) is 21.2. The van der Waals surface area contributed by atoms with Gasteiger partial charge < -0.3 is 9.80 Å². The SMILES string of the molecule is O=C(C1CC(=O)N(c2ccccc2)C1)N1CCCC(c2nnc(-c3ccccc3F)s2)C1. The van der Waals surface area contributed by atoms with Crippen LogP contribution in [0, 0.1) is 11.7 Å².